The van der Waals surface area contributed by atoms with Gasteiger partial charge in [-0.2, -0.15) is 0 Å². The summed E-state index contributed by atoms with van der Waals surface area (Å²) in [7, 11) is 0. The molecule has 388 valence electrons. The van der Waals surface area contributed by atoms with Gasteiger partial charge >= 0.3 is 17.9 Å². The molecule has 0 heterocycles. The van der Waals surface area contributed by atoms with Crippen molar-refractivity contribution in [1.82, 2.24) is 0 Å². The van der Waals surface area contributed by atoms with E-state index in [4.69, 9.17) is 14.2 Å². The number of hydrogen-bond donors (Lipinski definition) is 0. The van der Waals surface area contributed by atoms with Crippen LogP contribution in [0.3, 0.4) is 0 Å². The Morgan fingerprint density at radius 2 is 0.582 bits per heavy atom. The quantitative estimate of drug-likeness (QED) is 0.0262. The monoisotopic (exact) mass is 937 g/mol. The van der Waals surface area contributed by atoms with Crippen LogP contribution in [0.1, 0.15) is 290 Å². The number of unbranched alkanes of at least 4 members (excludes halogenated alkanes) is 31. The fraction of sp³-hybridized carbons (Fsp3) is 0.787. The normalized spacial score (nSPS) is 12.5. The van der Waals surface area contributed by atoms with Crippen LogP contribution in [0.25, 0.3) is 0 Å². The molecule has 0 aliphatic heterocycles. The number of carbonyl (C=O) groups is 3. The Kier molecular flexibility index (Phi) is 53.3. The first-order valence-electron chi connectivity index (χ1n) is 28.8. The molecule has 1 unspecified atom stereocenters. The van der Waals surface area contributed by atoms with Gasteiger partial charge in [-0.15, -0.1) is 0 Å². The number of carbonyl (C=O) groups excluding carboxylic acids is 3. The molecular formula is C61H108O6. The Bertz CT molecular complexity index is 1210. The van der Waals surface area contributed by atoms with Gasteiger partial charge in [-0.05, 0) is 103 Å². The molecule has 0 aromatic carbocycles. The highest BCUT2D eigenvalue weighted by Gasteiger charge is 2.19. The summed E-state index contributed by atoms with van der Waals surface area (Å²) >= 11 is 0. The molecule has 0 N–H and O–H groups in total. The summed E-state index contributed by atoms with van der Waals surface area (Å²) in [5.74, 6) is -0.903. The van der Waals surface area contributed by atoms with Crippen molar-refractivity contribution < 1.29 is 28.6 Å². The molecule has 0 rings (SSSR count). The van der Waals surface area contributed by atoms with Crippen LogP contribution >= 0.6 is 0 Å². The number of hydrogen-bond acceptors (Lipinski definition) is 6. The van der Waals surface area contributed by atoms with Crippen molar-refractivity contribution in [1.29, 1.82) is 0 Å². The number of esters is 3. The van der Waals surface area contributed by atoms with Crippen molar-refractivity contribution >= 4 is 17.9 Å². The van der Waals surface area contributed by atoms with E-state index in [-0.39, 0.29) is 31.1 Å². The van der Waals surface area contributed by atoms with Gasteiger partial charge in [-0.1, -0.05) is 229 Å². The molecule has 0 radical (unpaired) electrons. The molecule has 0 aromatic heterocycles. The molecule has 0 bridgehead atoms. The van der Waals surface area contributed by atoms with Crippen LogP contribution in [0.2, 0.25) is 0 Å². The maximum absolute atomic E-state index is 12.8. The fourth-order valence-electron chi connectivity index (χ4n) is 8.15. The lowest BCUT2D eigenvalue weighted by Gasteiger charge is -2.18. The van der Waals surface area contributed by atoms with Crippen LogP contribution in [0.15, 0.2) is 60.8 Å². The number of rotatable bonds is 52. The first-order chi connectivity index (χ1) is 33.0. The predicted molar refractivity (Wildman–Crippen MR) is 288 cm³/mol. The average molecular weight is 938 g/mol. The minimum absolute atomic E-state index is 0.0840. The molecule has 0 saturated heterocycles. The summed E-state index contributed by atoms with van der Waals surface area (Å²) in [6.07, 6.45) is 69.3. The Morgan fingerprint density at radius 1 is 0.313 bits per heavy atom. The molecule has 6 nitrogen and oxygen atoms in total. The maximum atomic E-state index is 12.8. The summed E-state index contributed by atoms with van der Waals surface area (Å²) in [5.41, 5.74) is 0. The lowest BCUT2D eigenvalue weighted by atomic mass is 10.1. The molecule has 1 atom stereocenters. The first-order valence-corrected chi connectivity index (χ1v) is 28.8. The Balaban J connectivity index is 4.34. The third kappa shape index (κ3) is 53.9. The largest absolute Gasteiger partial charge is 0.462 e. The molecule has 6 heteroatoms. The van der Waals surface area contributed by atoms with Crippen LogP contribution in [-0.2, 0) is 28.6 Å². The van der Waals surface area contributed by atoms with E-state index in [2.05, 4.69) is 81.5 Å². The van der Waals surface area contributed by atoms with Gasteiger partial charge < -0.3 is 14.2 Å². The summed E-state index contributed by atoms with van der Waals surface area (Å²) < 4.78 is 16.8. The molecule has 0 aliphatic carbocycles. The van der Waals surface area contributed by atoms with E-state index in [9.17, 15) is 14.4 Å². The van der Waals surface area contributed by atoms with E-state index >= 15 is 0 Å². The van der Waals surface area contributed by atoms with Crippen molar-refractivity contribution in [3.8, 4) is 0 Å². The van der Waals surface area contributed by atoms with Gasteiger partial charge in [0.05, 0.1) is 0 Å². The van der Waals surface area contributed by atoms with Gasteiger partial charge in [0.25, 0.3) is 0 Å². The van der Waals surface area contributed by atoms with Gasteiger partial charge in [0.15, 0.2) is 6.10 Å². The molecule has 0 amide bonds. The van der Waals surface area contributed by atoms with E-state index in [1.54, 1.807) is 0 Å². The van der Waals surface area contributed by atoms with E-state index in [0.717, 1.165) is 103 Å². The fourth-order valence-corrected chi connectivity index (χ4v) is 8.15. The molecule has 0 fully saturated rings. The first kappa shape index (κ1) is 64.1. The van der Waals surface area contributed by atoms with Crippen molar-refractivity contribution in [3.05, 3.63) is 60.8 Å². The minimum atomic E-state index is -0.787. The highest BCUT2D eigenvalue weighted by Crippen LogP contribution is 2.15. The van der Waals surface area contributed by atoms with Crippen molar-refractivity contribution in [2.45, 2.75) is 297 Å². The zero-order valence-electron chi connectivity index (χ0n) is 44.4. The van der Waals surface area contributed by atoms with Gasteiger partial charge in [-0.3, -0.25) is 14.4 Å². The molecular weight excluding hydrogens is 829 g/mol. The third-order valence-corrected chi connectivity index (χ3v) is 12.5. The second-order valence-electron chi connectivity index (χ2n) is 19.2. The topological polar surface area (TPSA) is 78.9 Å². The van der Waals surface area contributed by atoms with E-state index in [1.165, 1.54) is 148 Å². The maximum Gasteiger partial charge on any atom is 0.306 e. The van der Waals surface area contributed by atoms with Crippen LogP contribution in [0.4, 0.5) is 0 Å². The number of allylic oxidation sites excluding steroid dienone is 10. The van der Waals surface area contributed by atoms with Crippen LogP contribution in [-0.4, -0.2) is 37.2 Å². The Morgan fingerprint density at radius 3 is 0.940 bits per heavy atom. The molecule has 0 spiro atoms. The van der Waals surface area contributed by atoms with Crippen molar-refractivity contribution in [2.24, 2.45) is 0 Å². The molecule has 0 aliphatic rings. The number of ether oxygens (including phenoxy) is 3. The van der Waals surface area contributed by atoms with Crippen LogP contribution < -0.4 is 0 Å². The van der Waals surface area contributed by atoms with E-state index in [1.807, 2.05) is 0 Å². The zero-order chi connectivity index (χ0) is 48.6. The van der Waals surface area contributed by atoms with Gasteiger partial charge in [-0.25, -0.2) is 0 Å². The van der Waals surface area contributed by atoms with Gasteiger partial charge in [0.2, 0.25) is 0 Å². The van der Waals surface area contributed by atoms with Crippen molar-refractivity contribution in [3.63, 3.8) is 0 Å². The highest BCUT2D eigenvalue weighted by molar-refractivity contribution is 5.71. The second kappa shape index (κ2) is 55.7. The highest BCUT2D eigenvalue weighted by atomic mass is 16.6. The third-order valence-electron chi connectivity index (χ3n) is 12.5. The summed E-state index contributed by atoms with van der Waals surface area (Å²) in [5, 5.41) is 0. The smallest absolute Gasteiger partial charge is 0.306 e. The van der Waals surface area contributed by atoms with Gasteiger partial charge in [0, 0.05) is 19.3 Å². The Hall–Kier alpha value is -2.89. The SMILES string of the molecule is CC/C=C\C/C=C\C/C=C\CCCCCCCC(=O)OC(COC(=O)CCCCCCC/C=C\CCCCCC)COC(=O)CCCCCCCCCCC/C=C\CCCCCCCCCC. The summed E-state index contributed by atoms with van der Waals surface area (Å²) in [6.45, 7) is 6.51. The molecule has 0 aromatic rings. The van der Waals surface area contributed by atoms with Gasteiger partial charge in [0.1, 0.15) is 13.2 Å². The van der Waals surface area contributed by atoms with E-state index < -0.39 is 6.10 Å². The predicted octanol–water partition coefficient (Wildman–Crippen LogP) is 19.2. The second-order valence-corrected chi connectivity index (χ2v) is 19.2. The standard InChI is InChI=1S/C61H108O6/c1-4-7-10-13-16-19-22-25-27-28-29-30-31-32-34-36-39-42-45-48-51-54-60(63)66-57-58(56-65-59(62)53-50-47-44-41-38-35-24-21-18-15-12-9-6-3)67-61(64)55-52-49-46-43-40-37-33-26-23-20-17-14-11-8-5-2/h8,11,17,20-21,24,26,28-29,33,58H,4-7,9-10,12-16,18-19,22-23,25,27,30-32,34-57H2,1-3H3/b11-8-,20-17-,24-21-,29-28-,33-26-. The van der Waals surface area contributed by atoms with E-state index in [0.29, 0.717) is 19.3 Å². The summed E-state index contributed by atoms with van der Waals surface area (Å²) in [4.78, 5) is 38.1. The average Bonchev–Trinajstić information content (AvgIpc) is 3.33. The van der Waals surface area contributed by atoms with Crippen LogP contribution in [0.5, 0.6) is 0 Å². The zero-order valence-corrected chi connectivity index (χ0v) is 44.4. The Labute approximate surface area is 415 Å². The lowest BCUT2D eigenvalue weighted by Crippen LogP contribution is -2.30. The minimum Gasteiger partial charge on any atom is -0.462 e. The van der Waals surface area contributed by atoms with Crippen molar-refractivity contribution in [2.75, 3.05) is 13.2 Å². The molecule has 0 saturated carbocycles. The lowest BCUT2D eigenvalue weighted by molar-refractivity contribution is -0.167. The molecule has 67 heavy (non-hydrogen) atoms. The summed E-state index contributed by atoms with van der Waals surface area (Å²) in [6, 6.07) is 0. The van der Waals surface area contributed by atoms with Crippen LogP contribution in [0, 0.1) is 0 Å².